The standard InChI is InChI=1S/C10H14N4O3/c15-9-6-14(8(5-12-9)10(16)17)4-3-13-2-1-11-7-13/h1-2,7-8H,3-6H2,(H,12,15)(H,16,17). The van der Waals surface area contributed by atoms with E-state index in [1.807, 2.05) is 4.57 Å². The molecule has 0 spiro atoms. The van der Waals surface area contributed by atoms with Crippen LogP contribution in [-0.4, -0.2) is 57.1 Å². The van der Waals surface area contributed by atoms with E-state index in [1.54, 1.807) is 23.6 Å². The number of carbonyl (C=O) groups is 2. The Morgan fingerprint density at radius 2 is 2.41 bits per heavy atom. The second-order valence-electron chi connectivity index (χ2n) is 3.93. The van der Waals surface area contributed by atoms with E-state index in [0.29, 0.717) is 13.1 Å². The minimum absolute atomic E-state index is 0.131. The number of aliphatic carboxylic acids is 1. The summed E-state index contributed by atoms with van der Waals surface area (Å²) in [6.45, 7) is 1.43. The average Bonchev–Trinajstić information content (AvgIpc) is 2.78. The molecule has 0 saturated carbocycles. The van der Waals surface area contributed by atoms with Gasteiger partial charge in [0.2, 0.25) is 5.91 Å². The van der Waals surface area contributed by atoms with Crippen molar-refractivity contribution in [1.29, 1.82) is 0 Å². The van der Waals surface area contributed by atoms with Crippen molar-refractivity contribution >= 4 is 11.9 Å². The van der Waals surface area contributed by atoms with Crippen molar-refractivity contribution < 1.29 is 14.7 Å². The second kappa shape index (κ2) is 4.96. The summed E-state index contributed by atoms with van der Waals surface area (Å²) in [6, 6.07) is -0.642. The maximum atomic E-state index is 11.2. The first-order chi connectivity index (χ1) is 8.16. The Bertz CT molecular complexity index is 404. The zero-order chi connectivity index (χ0) is 12.3. The van der Waals surface area contributed by atoms with Gasteiger partial charge in [0.05, 0.1) is 12.9 Å². The third-order valence-electron chi connectivity index (χ3n) is 2.77. The van der Waals surface area contributed by atoms with Gasteiger partial charge in [-0.3, -0.25) is 14.5 Å². The lowest BCUT2D eigenvalue weighted by atomic mass is 10.2. The second-order valence-corrected chi connectivity index (χ2v) is 3.93. The van der Waals surface area contributed by atoms with Gasteiger partial charge in [-0.1, -0.05) is 0 Å². The van der Waals surface area contributed by atoms with Gasteiger partial charge in [-0.15, -0.1) is 0 Å². The third-order valence-corrected chi connectivity index (χ3v) is 2.77. The number of hydrogen-bond donors (Lipinski definition) is 2. The molecule has 0 bridgehead atoms. The Morgan fingerprint density at radius 1 is 1.59 bits per heavy atom. The highest BCUT2D eigenvalue weighted by Gasteiger charge is 2.31. The molecule has 1 aromatic heterocycles. The number of carbonyl (C=O) groups excluding carboxylic acids is 1. The van der Waals surface area contributed by atoms with Gasteiger partial charge in [-0.05, 0) is 0 Å². The highest BCUT2D eigenvalue weighted by Crippen LogP contribution is 2.04. The molecule has 1 atom stereocenters. The first-order valence-corrected chi connectivity index (χ1v) is 5.36. The van der Waals surface area contributed by atoms with Gasteiger partial charge in [-0.2, -0.15) is 0 Å². The van der Waals surface area contributed by atoms with Crippen molar-refractivity contribution in [3.63, 3.8) is 0 Å². The summed E-state index contributed by atoms with van der Waals surface area (Å²) in [5.41, 5.74) is 0. The molecule has 1 saturated heterocycles. The van der Waals surface area contributed by atoms with Crippen molar-refractivity contribution in [2.24, 2.45) is 0 Å². The highest BCUT2D eigenvalue weighted by atomic mass is 16.4. The van der Waals surface area contributed by atoms with Crippen LogP contribution in [-0.2, 0) is 16.1 Å². The molecule has 1 unspecified atom stereocenters. The third kappa shape index (κ3) is 2.82. The van der Waals surface area contributed by atoms with Crippen molar-refractivity contribution in [2.45, 2.75) is 12.6 Å². The molecule has 0 radical (unpaired) electrons. The first kappa shape index (κ1) is 11.6. The topological polar surface area (TPSA) is 87.5 Å². The van der Waals surface area contributed by atoms with Crippen LogP contribution < -0.4 is 5.32 Å². The molecule has 2 rings (SSSR count). The smallest absolute Gasteiger partial charge is 0.322 e. The SMILES string of the molecule is O=C1CN(CCn2ccnc2)C(C(=O)O)CN1. The van der Waals surface area contributed by atoms with Gasteiger partial charge in [-0.25, -0.2) is 4.98 Å². The van der Waals surface area contributed by atoms with E-state index in [9.17, 15) is 9.59 Å². The van der Waals surface area contributed by atoms with E-state index in [-0.39, 0.29) is 19.0 Å². The van der Waals surface area contributed by atoms with Crippen LogP contribution in [0, 0.1) is 0 Å². The van der Waals surface area contributed by atoms with Crippen LogP contribution in [0.5, 0.6) is 0 Å². The summed E-state index contributed by atoms with van der Waals surface area (Å²) in [5.74, 6) is -1.04. The fourth-order valence-corrected chi connectivity index (χ4v) is 1.83. The van der Waals surface area contributed by atoms with Gasteiger partial charge in [0.15, 0.2) is 0 Å². The molecular formula is C10H14N4O3. The largest absolute Gasteiger partial charge is 0.480 e. The average molecular weight is 238 g/mol. The number of piperazine rings is 1. The van der Waals surface area contributed by atoms with Crippen molar-refractivity contribution in [3.05, 3.63) is 18.7 Å². The van der Waals surface area contributed by atoms with E-state index < -0.39 is 12.0 Å². The summed E-state index contributed by atoms with van der Waals surface area (Å²) in [4.78, 5) is 27.8. The predicted octanol–water partition coefficient (Wildman–Crippen LogP) is -1.23. The number of aromatic nitrogens is 2. The molecule has 0 aromatic carbocycles. The van der Waals surface area contributed by atoms with Gasteiger partial charge in [0.1, 0.15) is 6.04 Å². The van der Waals surface area contributed by atoms with Crippen LogP contribution in [0.1, 0.15) is 0 Å². The summed E-state index contributed by atoms with van der Waals surface area (Å²) in [6.07, 6.45) is 5.14. The fraction of sp³-hybridized carbons (Fsp3) is 0.500. The molecule has 92 valence electrons. The van der Waals surface area contributed by atoms with E-state index in [0.717, 1.165) is 0 Å². The number of nitrogens with zero attached hydrogens (tertiary/aromatic N) is 3. The van der Waals surface area contributed by atoms with Crippen LogP contribution in [0.2, 0.25) is 0 Å². The maximum Gasteiger partial charge on any atom is 0.322 e. The van der Waals surface area contributed by atoms with Gasteiger partial charge in [0.25, 0.3) is 0 Å². The van der Waals surface area contributed by atoms with Gasteiger partial charge in [0, 0.05) is 32.0 Å². The normalized spacial score (nSPS) is 21.2. The Kier molecular flexibility index (Phi) is 3.38. The molecular weight excluding hydrogens is 224 g/mol. The highest BCUT2D eigenvalue weighted by molar-refractivity contribution is 5.83. The zero-order valence-electron chi connectivity index (χ0n) is 9.24. The lowest BCUT2D eigenvalue weighted by molar-refractivity contribution is -0.146. The van der Waals surface area contributed by atoms with Crippen LogP contribution in [0.15, 0.2) is 18.7 Å². The van der Waals surface area contributed by atoms with E-state index >= 15 is 0 Å². The van der Waals surface area contributed by atoms with Crippen molar-refractivity contribution in [2.75, 3.05) is 19.6 Å². The fourth-order valence-electron chi connectivity index (χ4n) is 1.83. The molecule has 1 aromatic rings. The molecule has 1 fully saturated rings. The Morgan fingerprint density at radius 3 is 3.06 bits per heavy atom. The molecule has 1 amide bonds. The number of rotatable bonds is 4. The summed E-state index contributed by atoms with van der Waals surface area (Å²) < 4.78 is 1.85. The maximum absolute atomic E-state index is 11.2. The number of imidazole rings is 1. The number of amides is 1. The summed E-state index contributed by atoms with van der Waals surface area (Å²) in [5, 5.41) is 11.6. The molecule has 17 heavy (non-hydrogen) atoms. The first-order valence-electron chi connectivity index (χ1n) is 5.36. The molecule has 1 aliphatic rings. The molecule has 2 heterocycles. The summed E-state index contributed by atoms with van der Waals surface area (Å²) >= 11 is 0. The molecule has 2 N–H and O–H groups in total. The predicted molar refractivity (Wildman–Crippen MR) is 58.2 cm³/mol. The lowest BCUT2D eigenvalue weighted by Crippen LogP contribution is -2.57. The quantitative estimate of drug-likeness (QED) is 0.685. The van der Waals surface area contributed by atoms with Crippen LogP contribution in [0.4, 0.5) is 0 Å². The zero-order valence-corrected chi connectivity index (χ0v) is 9.24. The van der Waals surface area contributed by atoms with Crippen molar-refractivity contribution in [3.8, 4) is 0 Å². The van der Waals surface area contributed by atoms with Crippen LogP contribution in [0.3, 0.4) is 0 Å². The van der Waals surface area contributed by atoms with Gasteiger partial charge >= 0.3 is 5.97 Å². The van der Waals surface area contributed by atoms with E-state index in [4.69, 9.17) is 5.11 Å². The van der Waals surface area contributed by atoms with Crippen LogP contribution in [0.25, 0.3) is 0 Å². The van der Waals surface area contributed by atoms with Crippen molar-refractivity contribution in [1.82, 2.24) is 19.8 Å². The van der Waals surface area contributed by atoms with E-state index in [1.165, 1.54) is 0 Å². The van der Waals surface area contributed by atoms with E-state index in [2.05, 4.69) is 10.3 Å². The number of hydrogen-bond acceptors (Lipinski definition) is 4. The van der Waals surface area contributed by atoms with Crippen LogP contribution >= 0.6 is 0 Å². The van der Waals surface area contributed by atoms with Gasteiger partial charge < -0.3 is 15.0 Å². The minimum atomic E-state index is -0.907. The Labute approximate surface area is 98.0 Å². The molecule has 1 aliphatic heterocycles. The number of carboxylic acid groups (broad SMARTS) is 1. The molecule has 7 nitrogen and oxygen atoms in total. The number of carboxylic acids is 1. The Hall–Kier alpha value is -1.89. The summed E-state index contributed by atoms with van der Waals surface area (Å²) in [7, 11) is 0. The molecule has 0 aliphatic carbocycles. The molecule has 7 heteroatoms. The minimum Gasteiger partial charge on any atom is -0.480 e. The monoisotopic (exact) mass is 238 g/mol. The lowest BCUT2D eigenvalue weighted by Gasteiger charge is -2.32. The Balaban J connectivity index is 1.95. The number of nitrogens with one attached hydrogen (secondary N) is 1.